The molecule has 2 aliphatic rings. The molecule has 11 heavy (non-hydrogen) atoms. The summed E-state index contributed by atoms with van der Waals surface area (Å²) in [6.07, 6.45) is 2.95. The summed E-state index contributed by atoms with van der Waals surface area (Å²) in [5.74, 6) is 4.19. The summed E-state index contributed by atoms with van der Waals surface area (Å²) < 4.78 is 0. The van der Waals surface area contributed by atoms with Gasteiger partial charge in [0.2, 0.25) is 0 Å². The Bertz CT molecular complexity index is 171. The Kier molecular flexibility index (Phi) is 1.41. The second-order valence-corrected chi connectivity index (χ2v) is 5.15. The molecule has 2 saturated carbocycles. The molecule has 4 unspecified atom stereocenters. The summed E-state index contributed by atoms with van der Waals surface area (Å²) >= 11 is 0. The van der Waals surface area contributed by atoms with Crippen LogP contribution in [-0.4, -0.2) is 0 Å². The predicted molar refractivity (Wildman–Crippen MR) is 48.3 cm³/mol. The molecular weight excluding hydrogens is 132 g/mol. The minimum Gasteiger partial charge on any atom is -0.0651 e. The van der Waals surface area contributed by atoms with E-state index in [1.807, 2.05) is 0 Å². The molecule has 0 aromatic heterocycles. The Morgan fingerprint density at radius 1 is 1.45 bits per heavy atom. The molecule has 2 rings (SSSR count). The van der Waals surface area contributed by atoms with Gasteiger partial charge in [0.25, 0.3) is 0 Å². The zero-order chi connectivity index (χ0) is 8.22. The molecule has 2 aliphatic carbocycles. The molecular formula is C11H20. The summed E-state index contributed by atoms with van der Waals surface area (Å²) in [7, 11) is 0. The average Bonchev–Trinajstić information content (AvgIpc) is 2.43. The molecule has 0 N–H and O–H groups in total. The average molecular weight is 152 g/mol. The molecule has 0 bridgehead atoms. The van der Waals surface area contributed by atoms with E-state index in [-0.39, 0.29) is 0 Å². The van der Waals surface area contributed by atoms with Crippen molar-refractivity contribution in [1.29, 1.82) is 0 Å². The first-order chi connectivity index (χ1) is 5.11. The van der Waals surface area contributed by atoms with Crippen LogP contribution in [0.25, 0.3) is 0 Å². The summed E-state index contributed by atoms with van der Waals surface area (Å²) in [5.41, 5.74) is 0.809. The lowest BCUT2D eigenvalue weighted by molar-refractivity contribution is 0.0327. The van der Waals surface area contributed by atoms with Crippen molar-refractivity contribution in [3.8, 4) is 0 Å². The van der Waals surface area contributed by atoms with E-state index in [0.717, 1.165) is 29.1 Å². The van der Waals surface area contributed by atoms with Crippen LogP contribution >= 0.6 is 0 Å². The predicted octanol–water partition coefficient (Wildman–Crippen LogP) is 3.32. The first-order valence-corrected chi connectivity index (χ1v) is 5.11. The van der Waals surface area contributed by atoms with Gasteiger partial charge in [-0.15, -0.1) is 0 Å². The zero-order valence-electron chi connectivity index (χ0n) is 8.22. The minimum atomic E-state index is 0.809. The molecule has 2 fully saturated rings. The van der Waals surface area contributed by atoms with Gasteiger partial charge in [0, 0.05) is 0 Å². The van der Waals surface area contributed by atoms with Crippen molar-refractivity contribution >= 4 is 0 Å². The lowest BCUT2D eigenvalue weighted by Crippen LogP contribution is -2.39. The van der Waals surface area contributed by atoms with Crippen LogP contribution in [0.1, 0.15) is 40.5 Å². The molecule has 0 heterocycles. The highest BCUT2D eigenvalue weighted by Crippen LogP contribution is 2.76. The van der Waals surface area contributed by atoms with Crippen molar-refractivity contribution in [3.05, 3.63) is 0 Å². The molecule has 0 nitrogen and oxygen atoms in total. The molecule has 0 radical (unpaired) electrons. The lowest BCUT2D eigenvalue weighted by atomic mass is 9.60. The van der Waals surface area contributed by atoms with Crippen LogP contribution in [0.3, 0.4) is 0 Å². The fourth-order valence-corrected chi connectivity index (χ4v) is 3.69. The highest BCUT2D eigenvalue weighted by Gasteiger charge is 2.69. The standard InChI is InChI=1S/C11H20/c1-5-8-10(7(2)3)9-6-11(8,9)4/h7-10H,5-6H2,1-4H3. The van der Waals surface area contributed by atoms with Crippen molar-refractivity contribution in [2.24, 2.45) is 29.1 Å². The van der Waals surface area contributed by atoms with Gasteiger partial charge in [-0.1, -0.05) is 34.1 Å². The van der Waals surface area contributed by atoms with Crippen LogP contribution in [-0.2, 0) is 0 Å². The van der Waals surface area contributed by atoms with Crippen LogP contribution < -0.4 is 0 Å². The first kappa shape index (κ1) is 7.64. The van der Waals surface area contributed by atoms with Crippen LogP contribution in [0.2, 0.25) is 0 Å². The maximum absolute atomic E-state index is 2.49. The van der Waals surface area contributed by atoms with Gasteiger partial charge in [-0.3, -0.25) is 0 Å². The summed E-state index contributed by atoms with van der Waals surface area (Å²) in [6, 6.07) is 0. The quantitative estimate of drug-likeness (QED) is 0.569. The molecule has 0 aromatic carbocycles. The largest absolute Gasteiger partial charge is 0.0651 e. The normalized spacial score (nSPS) is 53.7. The Balaban J connectivity index is 2.06. The van der Waals surface area contributed by atoms with E-state index in [0.29, 0.717) is 0 Å². The third kappa shape index (κ3) is 0.761. The van der Waals surface area contributed by atoms with Crippen LogP contribution in [0.15, 0.2) is 0 Å². The molecule has 0 aliphatic heterocycles. The topological polar surface area (TPSA) is 0 Å². The van der Waals surface area contributed by atoms with E-state index >= 15 is 0 Å². The van der Waals surface area contributed by atoms with Gasteiger partial charge in [0.1, 0.15) is 0 Å². The molecule has 64 valence electrons. The lowest BCUT2D eigenvalue weighted by Gasteiger charge is -2.44. The summed E-state index contributed by atoms with van der Waals surface area (Å²) in [6.45, 7) is 9.64. The van der Waals surface area contributed by atoms with Gasteiger partial charge >= 0.3 is 0 Å². The Hall–Kier alpha value is 0. The monoisotopic (exact) mass is 152 g/mol. The second-order valence-electron chi connectivity index (χ2n) is 5.15. The van der Waals surface area contributed by atoms with Gasteiger partial charge < -0.3 is 0 Å². The fraction of sp³-hybridized carbons (Fsp3) is 1.00. The van der Waals surface area contributed by atoms with Gasteiger partial charge in [-0.25, -0.2) is 0 Å². The van der Waals surface area contributed by atoms with Gasteiger partial charge in [-0.05, 0) is 35.5 Å². The molecule has 0 amide bonds. The van der Waals surface area contributed by atoms with E-state index in [1.54, 1.807) is 0 Å². The highest BCUT2D eigenvalue weighted by molar-refractivity contribution is 5.17. The molecule has 0 aromatic rings. The van der Waals surface area contributed by atoms with E-state index in [1.165, 1.54) is 12.8 Å². The first-order valence-electron chi connectivity index (χ1n) is 5.11. The van der Waals surface area contributed by atoms with E-state index < -0.39 is 0 Å². The number of rotatable bonds is 2. The Morgan fingerprint density at radius 3 is 2.45 bits per heavy atom. The smallest absolute Gasteiger partial charge is 0.0260 e. The van der Waals surface area contributed by atoms with E-state index in [9.17, 15) is 0 Å². The van der Waals surface area contributed by atoms with Crippen LogP contribution in [0, 0.1) is 29.1 Å². The van der Waals surface area contributed by atoms with Crippen molar-refractivity contribution in [2.75, 3.05) is 0 Å². The fourth-order valence-electron chi connectivity index (χ4n) is 3.69. The van der Waals surface area contributed by atoms with Gasteiger partial charge in [-0.2, -0.15) is 0 Å². The minimum absolute atomic E-state index is 0.809. The molecule has 0 saturated heterocycles. The van der Waals surface area contributed by atoms with Crippen LogP contribution in [0.4, 0.5) is 0 Å². The number of fused-ring (bicyclic) bond motifs is 1. The summed E-state index contributed by atoms with van der Waals surface area (Å²) in [4.78, 5) is 0. The van der Waals surface area contributed by atoms with E-state index in [4.69, 9.17) is 0 Å². The third-order valence-electron chi connectivity index (χ3n) is 4.33. The van der Waals surface area contributed by atoms with Gasteiger partial charge in [0.05, 0.1) is 0 Å². The van der Waals surface area contributed by atoms with Crippen molar-refractivity contribution in [3.63, 3.8) is 0 Å². The maximum atomic E-state index is 2.49. The molecule has 0 spiro atoms. The van der Waals surface area contributed by atoms with Crippen molar-refractivity contribution < 1.29 is 0 Å². The Labute approximate surface area is 70.4 Å². The maximum Gasteiger partial charge on any atom is -0.0260 e. The van der Waals surface area contributed by atoms with Gasteiger partial charge in [0.15, 0.2) is 0 Å². The number of hydrogen-bond donors (Lipinski definition) is 0. The molecule has 4 atom stereocenters. The van der Waals surface area contributed by atoms with E-state index in [2.05, 4.69) is 27.7 Å². The van der Waals surface area contributed by atoms with Crippen molar-refractivity contribution in [1.82, 2.24) is 0 Å². The van der Waals surface area contributed by atoms with Crippen molar-refractivity contribution in [2.45, 2.75) is 40.5 Å². The third-order valence-corrected chi connectivity index (χ3v) is 4.33. The summed E-state index contributed by atoms with van der Waals surface area (Å²) in [5, 5.41) is 0. The van der Waals surface area contributed by atoms with Crippen LogP contribution in [0.5, 0.6) is 0 Å². The Morgan fingerprint density at radius 2 is 2.09 bits per heavy atom. The second kappa shape index (κ2) is 2.02. The number of hydrogen-bond acceptors (Lipinski definition) is 0. The SMILES string of the molecule is CCC1C(C(C)C)C2CC12C. The zero-order valence-corrected chi connectivity index (χ0v) is 8.22. The molecule has 0 heteroatoms. The highest BCUT2D eigenvalue weighted by atomic mass is 14.7.